The van der Waals surface area contributed by atoms with Crippen LogP contribution in [0.5, 0.6) is 0 Å². The van der Waals surface area contributed by atoms with E-state index in [0.717, 1.165) is 38.5 Å². The molecule has 0 aromatic carbocycles. The second-order valence-corrected chi connectivity index (χ2v) is 27.3. The van der Waals surface area contributed by atoms with Gasteiger partial charge >= 0.3 is 25.7 Å². The Kier molecular flexibility index (Phi) is 66.2. The van der Waals surface area contributed by atoms with E-state index in [4.69, 9.17) is 29.4 Å². The molecule has 0 aliphatic heterocycles. The number of hydrogen-bond acceptors (Lipinski definition) is 9. The highest BCUT2D eigenvalue weighted by Gasteiger charge is 2.28. The molecule has 0 heterocycles. The maximum absolute atomic E-state index is 12.8. The lowest BCUT2D eigenvalue weighted by Crippen LogP contribution is -2.34. The quantitative estimate of drug-likeness (QED) is 0.0301. The second-order valence-electron chi connectivity index (χ2n) is 25.8. The van der Waals surface area contributed by atoms with E-state index in [-0.39, 0.29) is 19.4 Å². The summed E-state index contributed by atoms with van der Waals surface area (Å²) in [7, 11) is -4.73. The standard InChI is InChI=1S/C72H142NO10P/c1-3-5-7-9-11-13-15-17-19-21-23-25-27-29-31-33-35-37-39-41-43-45-47-49-51-53-55-57-59-61-63-70(74)80-65-68(66-81-84(78,79)82-67-69(73)72(76)77)83-71(75)64-62-60-58-56-54-52-50-48-46-44-42-40-38-36-34-32-30-28-26-24-22-20-18-16-14-12-10-8-6-4-2/h68-69H,3-67,73H2,1-2H3,(H,76,77)(H,78,79)/t68-,69+/m1/s1. The molecule has 0 spiro atoms. The van der Waals surface area contributed by atoms with Crippen LogP contribution in [0.25, 0.3) is 0 Å². The summed E-state index contributed by atoms with van der Waals surface area (Å²) in [5, 5.41) is 8.99. The Morgan fingerprint density at radius 2 is 0.524 bits per heavy atom. The van der Waals surface area contributed by atoms with Crippen LogP contribution in [0.4, 0.5) is 0 Å². The Morgan fingerprint density at radius 3 is 0.750 bits per heavy atom. The maximum atomic E-state index is 12.8. The maximum Gasteiger partial charge on any atom is 0.472 e. The number of ether oxygens (including phenoxy) is 2. The van der Waals surface area contributed by atoms with Crippen molar-refractivity contribution in [3.05, 3.63) is 0 Å². The molecule has 4 N–H and O–H groups in total. The van der Waals surface area contributed by atoms with E-state index >= 15 is 0 Å². The van der Waals surface area contributed by atoms with Crippen LogP contribution in [0.1, 0.15) is 412 Å². The number of hydrogen-bond donors (Lipinski definition) is 3. The van der Waals surface area contributed by atoms with Gasteiger partial charge in [0.2, 0.25) is 0 Å². The van der Waals surface area contributed by atoms with Crippen LogP contribution in [0.2, 0.25) is 0 Å². The van der Waals surface area contributed by atoms with Gasteiger partial charge in [-0.1, -0.05) is 386 Å². The SMILES string of the molecule is CCCCCCCCCCCCCCCCCCCCCCCCCCCCCCCCC(=O)OC[C@H](COP(=O)(O)OC[C@H](N)C(=O)O)OC(=O)CCCCCCCCCCCCCCCCCCCCCCCCCCCCCCCC. The first-order chi connectivity index (χ1) is 41.1. The molecule has 0 aromatic heterocycles. The summed E-state index contributed by atoms with van der Waals surface area (Å²) < 4.78 is 33.2. The van der Waals surface area contributed by atoms with Crippen molar-refractivity contribution in [3.8, 4) is 0 Å². The van der Waals surface area contributed by atoms with Gasteiger partial charge in [0.15, 0.2) is 6.10 Å². The summed E-state index contributed by atoms with van der Waals surface area (Å²) in [6.07, 6.45) is 79.5. The van der Waals surface area contributed by atoms with Crippen LogP contribution >= 0.6 is 7.82 Å². The van der Waals surface area contributed by atoms with Gasteiger partial charge in [0.25, 0.3) is 0 Å². The Labute approximate surface area is 520 Å². The number of rotatable bonds is 72. The predicted octanol–water partition coefficient (Wildman–Crippen LogP) is 23.2. The molecule has 0 saturated heterocycles. The number of carbonyl (C=O) groups excluding carboxylic acids is 2. The van der Waals surface area contributed by atoms with Crippen LogP contribution in [-0.2, 0) is 37.5 Å². The van der Waals surface area contributed by atoms with E-state index in [1.165, 1.54) is 334 Å². The minimum atomic E-state index is -4.73. The third kappa shape index (κ3) is 66.4. The molecule has 0 fully saturated rings. The summed E-state index contributed by atoms with van der Waals surface area (Å²) in [4.78, 5) is 46.6. The average Bonchev–Trinajstić information content (AvgIpc) is 3.55. The predicted molar refractivity (Wildman–Crippen MR) is 356 cm³/mol. The highest BCUT2D eigenvalue weighted by atomic mass is 31.2. The van der Waals surface area contributed by atoms with Crippen molar-refractivity contribution >= 4 is 25.7 Å². The van der Waals surface area contributed by atoms with Crippen molar-refractivity contribution in [2.24, 2.45) is 5.73 Å². The van der Waals surface area contributed by atoms with Crippen LogP contribution in [-0.4, -0.2) is 59.9 Å². The molecule has 0 aliphatic rings. The van der Waals surface area contributed by atoms with Crippen LogP contribution < -0.4 is 5.73 Å². The van der Waals surface area contributed by atoms with Gasteiger partial charge in [0.05, 0.1) is 13.2 Å². The molecule has 0 aromatic rings. The van der Waals surface area contributed by atoms with Crippen molar-refractivity contribution in [1.29, 1.82) is 0 Å². The normalized spacial score (nSPS) is 13.1. The highest BCUT2D eigenvalue weighted by molar-refractivity contribution is 7.47. The zero-order valence-electron chi connectivity index (χ0n) is 55.8. The lowest BCUT2D eigenvalue weighted by Gasteiger charge is -2.20. The van der Waals surface area contributed by atoms with E-state index in [0.29, 0.717) is 12.8 Å². The molecule has 0 aliphatic carbocycles. The molecule has 11 nitrogen and oxygen atoms in total. The van der Waals surface area contributed by atoms with Gasteiger partial charge in [-0.25, -0.2) is 4.57 Å². The minimum Gasteiger partial charge on any atom is -0.480 e. The largest absolute Gasteiger partial charge is 0.480 e. The zero-order chi connectivity index (χ0) is 61.2. The zero-order valence-corrected chi connectivity index (χ0v) is 56.7. The molecule has 3 atom stereocenters. The van der Waals surface area contributed by atoms with Crippen LogP contribution in [0.15, 0.2) is 0 Å². The van der Waals surface area contributed by atoms with E-state index < -0.39 is 51.1 Å². The van der Waals surface area contributed by atoms with Gasteiger partial charge in [0.1, 0.15) is 12.6 Å². The molecular formula is C72H142NO10P. The monoisotopic (exact) mass is 1210 g/mol. The smallest absolute Gasteiger partial charge is 0.472 e. The molecule has 0 radical (unpaired) electrons. The minimum absolute atomic E-state index is 0.171. The molecule has 0 amide bonds. The first kappa shape index (κ1) is 82.5. The Bertz CT molecular complexity index is 1420. The van der Waals surface area contributed by atoms with Gasteiger partial charge in [-0.15, -0.1) is 0 Å². The van der Waals surface area contributed by atoms with Crippen molar-refractivity contribution in [1.82, 2.24) is 0 Å². The van der Waals surface area contributed by atoms with Gasteiger partial charge in [-0.2, -0.15) is 0 Å². The van der Waals surface area contributed by atoms with Crippen LogP contribution in [0.3, 0.4) is 0 Å². The third-order valence-corrected chi connectivity index (χ3v) is 18.3. The molecule has 1 unspecified atom stereocenters. The molecule has 0 rings (SSSR count). The Balaban J connectivity index is 3.93. The molecular weight excluding hydrogens is 1070 g/mol. The van der Waals surface area contributed by atoms with E-state index in [9.17, 15) is 23.8 Å². The number of unbranched alkanes of at least 4 members (excludes halogenated alkanes) is 58. The molecule has 0 saturated carbocycles. The van der Waals surface area contributed by atoms with E-state index in [1.807, 2.05) is 0 Å². The number of phosphoric ester groups is 1. The Morgan fingerprint density at radius 1 is 0.321 bits per heavy atom. The van der Waals surface area contributed by atoms with Gasteiger partial charge in [-0.05, 0) is 12.8 Å². The fourth-order valence-corrected chi connectivity index (χ4v) is 12.4. The molecule has 500 valence electrons. The number of nitrogens with two attached hydrogens (primary N) is 1. The summed E-state index contributed by atoms with van der Waals surface area (Å²) >= 11 is 0. The van der Waals surface area contributed by atoms with E-state index in [2.05, 4.69) is 13.8 Å². The van der Waals surface area contributed by atoms with Gasteiger partial charge in [-0.3, -0.25) is 23.4 Å². The lowest BCUT2D eigenvalue weighted by atomic mass is 10.0. The number of carbonyl (C=O) groups is 3. The number of aliphatic carboxylic acids is 1. The molecule has 12 heteroatoms. The molecule has 0 bridgehead atoms. The summed E-state index contributed by atoms with van der Waals surface area (Å²) in [5.74, 6) is -2.34. The first-order valence-corrected chi connectivity index (χ1v) is 38.6. The first-order valence-electron chi connectivity index (χ1n) is 37.1. The van der Waals surface area contributed by atoms with Crippen molar-refractivity contribution in [2.75, 3.05) is 19.8 Å². The molecule has 84 heavy (non-hydrogen) atoms. The van der Waals surface area contributed by atoms with Gasteiger partial charge < -0.3 is 25.2 Å². The Hall–Kier alpha value is -1.52. The average molecular weight is 1210 g/mol. The van der Waals surface area contributed by atoms with Crippen molar-refractivity contribution in [2.45, 2.75) is 424 Å². The van der Waals surface area contributed by atoms with Gasteiger partial charge in [0, 0.05) is 12.8 Å². The highest BCUT2D eigenvalue weighted by Crippen LogP contribution is 2.43. The number of carboxylic acids is 1. The van der Waals surface area contributed by atoms with E-state index in [1.54, 1.807) is 0 Å². The number of carboxylic acid groups (broad SMARTS) is 1. The second kappa shape index (κ2) is 67.4. The summed E-state index contributed by atoms with van der Waals surface area (Å²) in [6, 6.07) is -1.52. The fraction of sp³-hybridized carbons (Fsp3) is 0.958. The van der Waals surface area contributed by atoms with Crippen molar-refractivity contribution < 1.29 is 47.5 Å². The van der Waals surface area contributed by atoms with Crippen molar-refractivity contribution in [3.63, 3.8) is 0 Å². The number of phosphoric acid groups is 1. The lowest BCUT2D eigenvalue weighted by molar-refractivity contribution is -0.161. The third-order valence-electron chi connectivity index (χ3n) is 17.4. The number of esters is 2. The topological polar surface area (TPSA) is 172 Å². The summed E-state index contributed by atoms with van der Waals surface area (Å²) in [5.41, 5.74) is 5.40. The fourth-order valence-electron chi connectivity index (χ4n) is 11.7. The summed E-state index contributed by atoms with van der Waals surface area (Å²) in [6.45, 7) is 2.93. The van der Waals surface area contributed by atoms with Crippen LogP contribution in [0, 0.1) is 0 Å².